The molecule has 0 unspecified atom stereocenters. The first-order chi connectivity index (χ1) is 16.1. The maximum absolute atomic E-state index is 13.2. The van der Waals surface area contributed by atoms with Crippen LogP contribution in [0.5, 0.6) is 0 Å². The van der Waals surface area contributed by atoms with E-state index in [1.807, 2.05) is 21.7 Å². The molecule has 2 heterocycles. The number of hydrogen-bond acceptors (Lipinski definition) is 3. The van der Waals surface area contributed by atoms with Crippen LogP contribution in [0, 0.1) is 6.92 Å². The number of carbonyl (C=O) groups excluding carboxylic acids is 2. The molecule has 2 fully saturated rings. The van der Waals surface area contributed by atoms with Gasteiger partial charge in [-0.1, -0.05) is 37.5 Å². The molecule has 3 aliphatic rings. The summed E-state index contributed by atoms with van der Waals surface area (Å²) in [4.78, 5) is 27.7. The SMILES string of the molecule is Cc1ccccc1-n1nc(C(=O)NC2CCN(C(=O)NC3CCCCC3)CC2)c2c1CCC2. The Morgan fingerprint density at radius 3 is 2.39 bits per heavy atom. The molecule has 7 nitrogen and oxygen atoms in total. The Kier molecular flexibility index (Phi) is 6.38. The Morgan fingerprint density at radius 1 is 0.909 bits per heavy atom. The van der Waals surface area contributed by atoms with Gasteiger partial charge in [0, 0.05) is 36.4 Å². The average Bonchev–Trinajstić information content (AvgIpc) is 3.44. The minimum absolute atomic E-state index is 0.0569. The summed E-state index contributed by atoms with van der Waals surface area (Å²) >= 11 is 0. The van der Waals surface area contributed by atoms with E-state index in [1.54, 1.807) is 0 Å². The molecule has 1 aromatic heterocycles. The van der Waals surface area contributed by atoms with Gasteiger partial charge in [-0.15, -0.1) is 0 Å². The molecule has 0 spiro atoms. The lowest BCUT2D eigenvalue weighted by Gasteiger charge is -2.34. The van der Waals surface area contributed by atoms with E-state index in [4.69, 9.17) is 5.10 Å². The van der Waals surface area contributed by atoms with E-state index in [2.05, 4.69) is 29.7 Å². The van der Waals surface area contributed by atoms with Gasteiger partial charge in [0.15, 0.2) is 5.69 Å². The number of amides is 3. The van der Waals surface area contributed by atoms with Crippen molar-refractivity contribution in [2.75, 3.05) is 13.1 Å². The number of likely N-dealkylation sites (tertiary alicyclic amines) is 1. The number of aryl methyl sites for hydroxylation is 1. The molecule has 2 aromatic rings. The molecule has 1 aliphatic heterocycles. The Hall–Kier alpha value is -2.83. The third-order valence-electron chi connectivity index (χ3n) is 7.54. The number of rotatable bonds is 4. The summed E-state index contributed by atoms with van der Waals surface area (Å²) in [6.07, 6.45) is 10.4. The molecular formula is C26H35N5O2. The number of benzene rings is 1. The van der Waals surface area contributed by atoms with Crippen LogP contribution in [-0.2, 0) is 12.8 Å². The number of hydrogen-bond donors (Lipinski definition) is 2. The van der Waals surface area contributed by atoms with Gasteiger partial charge in [0.1, 0.15) is 0 Å². The van der Waals surface area contributed by atoms with Crippen LogP contribution in [0.15, 0.2) is 24.3 Å². The van der Waals surface area contributed by atoms with Crippen molar-refractivity contribution < 1.29 is 9.59 Å². The van der Waals surface area contributed by atoms with Crippen molar-refractivity contribution in [1.29, 1.82) is 0 Å². The number of nitrogens with zero attached hydrogens (tertiary/aromatic N) is 3. The smallest absolute Gasteiger partial charge is 0.317 e. The molecule has 2 N–H and O–H groups in total. The minimum atomic E-state index is -0.0782. The highest BCUT2D eigenvalue weighted by Crippen LogP contribution is 2.29. The minimum Gasteiger partial charge on any atom is -0.348 e. The summed E-state index contributed by atoms with van der Waals surface area (Å²) in [6.45, 7) is 3.44. The van der Waals surface area contributed by atoms with Gasteiger partial charge in [0.25, 0.3) is 5.91 Å². The van der Waals surface area contributed by atoms with Gasteiger partial charge in [0.2, 0.25) is 0 Å². The quantitative estimate of drug-likeness (QED) is 0.743. The molecule has 5 rings (SSSR count). The molecule has 2 aliphatic carbocycles. The van der Waals surface area contributed by atoms with Gasteiger partial charge in [-0.2, -0.15) is 5.10 Å². The van der Waals surface area contributed by atoms with E-state index in [9.17, 15) is 9.59 Å². The van der Waals surface area contributed by atoms with Crippen molar-refractivity contribution >= 4 is 11.9 Å². The van der Waals surface area contributed by atoms with Crippen molar-refractivity contribution in [3.05, 3.63) is 46.8 Å². The number of aromatic nitrogens is 2. The standard InChI is InChI=1S/C26H35N5O2/c1-18-8-5-6-12-22(18)31-23-13-7-11-21(23)24(29-31)25(32)27-20-14-16-30(17-15-20)26(33)28-19-9-3-2-4-10-19/h5-6,8,12,19-20H,2-4,7,9-11,13-17H2,1H3,(H,27,32)(H,28,33). The summed E-state index contributed by atoms with van der Waals surface area (Å²) in [5.41, 5.74) is 5.04. The molecule has 0 bridgehead atoms. The maximum atomic E-state index is 13.2. The topological polar surface area (TPSA) is 79.3 Å². The lowest BCUT2D eigenvalue weighted by Crippen LogP contribution is -2.51. The number of para-hydroxylation sites is 1. The largest absolute Gasteiger partial charge is 0.348 e. The van der Waals surface area contributed by atoms with Crippen molar-refractivity contribution in [3.8, 4) is 5.69 Å². The number of nitrogens with one attached hydrogen (secondary N) is 2. The van der Waals surface area contributed by atoms with Crippen LogP contribution in [0.1, 0.15) is 78.7 Å². The van der Waals surface area contributed by atoms with Gasteiger partial charge in [-0.25, -0.2) is 9.48 Å². The lowest BCUT2D eigenvalue weighted by molar-refractivity contribution is 0.0911. The van der Waals surface area contributed by atoms with Crippen molar-refractivity contribution in [1.82, 2.24) is 25.3 Å². The molecule has 3 amide bonds. The highest BCUT2D eigenvalue weighted by molar-refractivity contribution is 5.94. The van der Waals surface area contributed by atoms with E-state index in [-0.39, 0.29) is 18.0 Å². The van der Waals surface area contributed by atoms with Crippen molar-refractivity contribution in [2.24, 2.45) is 0 Å². The Morgan fingerprint density at radius 2 is 1.64 bits per heavy atom. The molecule has 176 valence electrons. The zero-order chi connectivity index (χ0) is 22.8. The second kappa shape index (κ2) is 9.57. The molecule has 1 aromatic carbocycles. The monoisotopic (exact) mass is 449 g/mol. The fraction of sp³-hybridized carbons (Fsp3) is 0.577. The van der Waals surface area contributed by atoms with Crippen LogP contribution >= 0.6 is 0 Å². The predicted octanol–water partition coefficient (Wildman–Crippen LogP) is 3.91. The first-order valence-corrected chi connectivity index (χ1v) is 12.6. The van der Waals surface area contributed by atoms with Crippen molar-refractivity contribution in [2.45, 2.75) is 83.2 Å². The van der Waals surface area contributed by atoms with Crippen LogP contribution in [0.25, 0.3) is 5.69 Å². The average molecular weight is 450 g/mol. The van der Waals surface area contributed by atoms with Crippen LogP contribution in [0.3, 0.4) is 0 Å². The zero-order valence-electron chi connectivity index (χ0n) is 19.6. The lowest BCUT2D eigenvalue weighted by atomic mass is 9.95. The second-order valence-electron chi connectivity index (χ2n) is 9.84. The summed E-state index contributed by atoms with van der Waals surface area (Å²) in [5, 5.41) is 11.2. The van der Waals surface area contributed by atoms with Gasteiger partial charge >= 0.3 is 6.03 Å². The zero-order valence-corrected chi connectivity index (χ0v) is 19.6. The maximum Gasteiger partial charge on any atom is 0.317 e. The van der Waals surface area contributed by atoms with E-state index in [0.717, 1.165) is 61.8 Å². The molecule has 1 saturated carbocycles. The number of piperidine rings is 1. The third-order valence-corrected chi connectivity index (χ3v) is 7.54. The molecule has 33 heavy (non-hydrogen) atoms. The Labute approximate surface area is 195 Å². The van der Waals surface area contributed by atoms with E-state index < -0.39 is 0 Å². The molecule has 1 saturated heterocycles. The van der Waals surface area contributed by atoms with Crippen LogP contribution in [0.2, 0.25) is 0 Å². The van der Waals surface area contributed by atoms with Crippen molar-refractivity contribution in [3.63, 3.8) is 0 Å². The van der Waals surface area contributed by atoms with Crippen LogP contribution < -0.4 is 10.6 Å². The third kappa shape index (κ3) is 4.63. The van der Waals surface area contributed by atoms with Gasteiger partial charge in [-0.05, 0) is 63.5 Å². The van der Waals surface area contributed by atoms with E-state index in [1.165, 1.54) is 25.0 Å². The first-order valence-electron chi connectivity index (χ1n) is 12.6. The molecule has 0 radical (unpaired) electrons. The Balaban J connectivity index is 1.20. The first kappa shape index (κ1) is 22.0. The highest BCUT2D eigenvalue weighted by Gasteiger charge is 2.30. The highest BCUT2D eigenvalue weighted by atomic mass is 16.2. The number of carbonyl (C=O) groups is 2. The summed E-state index contributed by atoms with van der Waals surface area (Å²) < 4.78 is 1.98. The summed E-state index contributed by atoms with van der Waals surface area (Å²) in [5.74, 6) is -0.0782. The fourth-order valence-electron chi connectivity index (χ4n) is 5.61. The van der Waals surface area contributed by atoms with Gasteiger partial charge in [0.05, 0.1) is 5.69 Å². The summed E-state index contributed by atoms with van der Waals surface area (Å²) in [6, 6.07) is 8.65. The van der Waals surface area contributed by atoms with E-state index in [0.29, 0.717) is 24.8 Å². The Bertz CT molecular complexity index is 1020. The van der Waals surface area contributed by atoms with E-state index >= 15 is 0 Å². The summed E-state index contributed by atoms with van der Waals surface area (Å²) in [7, 11) is 0. The van der Waals surface area contributed by atoms with Gasteiger partial charge in [-0.3, -0.25) is 4.79 Å². The number of fused-ring (bicyclic) bond motifs is 1. The normalized spacial score (nSPS) is 19.4. The van der Waals surface area contributed by atoms with Gasteiger partial charge < -0.3 is 15.5 Å². The predicted molar refractivity (Wildman–Crippen MR) is 128 cm³/mol. The van der Waals surface area contributed by atoms with Crippen LogP contribution in [-0.4, -0.2) is 51.8 Å². The molecule has 7 heteroatoms. The second-order valence-corrected chi connectivity index (χ2v) is 9.84. The fourth-order valence-corrected chi connectivity index (χ4v) is 5.61. The molecular weight excluding hydrogens is 414 g/mol. The van der Waals surface area contributed by atoms with Crippen LogP contribution in [0.4, 0.5) is 4.79 Å². The molecule has 0 atom stereocenters. The number of urea groups is 1.